The molecular weight excluding hydrogens is 207 g/mol. The van der Waals surface area contributed by atoms with Gasteiger partial charge in [-0.15, -0.1) is 10.2 Å². The maximum Gasteiger partial charge on any atom is 0.221 e. The molecule has 2 aromatic rings. The first-order chi connectivity index (χ1) is 7.66. The lowest BCUT2D eigenvalue weighted by atomic mass is 10.2. The van der Waals surface area contributed by atoms with E-state index in [4.69, 9.17) is 5.73 Å². The molecule has 0 aliphatic rings. The van der Waals surface area contributed by atoms with E-state index in [9.17, 15) is 4.39 Å². The molecule has 0 saturated carbocycles. The average Bonchev–Trinajstić information content (AvgIpc) is 2.60. The smallest absolute Gasteiger partial charge is 0.221 e. The summed E-state index contributed by atoms with van der Waals surface area (Å²) in [4.78, 5) is 0. The van der Waals surface area contributed by atoms with E-state index in [0.29, 0.717) is 11.8 Å². The summed E-state index contributed by atoms with van der Waals surface area (Å²) in [5, 5.41) is 7.60. The van der Waals surface area contributed by atoms with Crippen molar-refractivity contribution in [1.82, 2.24) is 14.8 Å². The van der Waals surface area contributed by atoms with Crippen LogP contribution in [-0.2, 0) is 7.05 Å². The minimum absolute atomic E-state index is 0.250. The predicted octanol–water partition coefficient (Wildman–Crippen LogP) is 1.71. The first kappa shape index (κ1) is 10.4. The first-order valence-corrected chi connectivity index (χ1v) is 4.75. The highest BCUT2D eigenvalue weighted by Gasteiger charge is 2.00. The lowest BCUT2D eigenvalue weighted by Gasteiger charge is -1.95. The van der Waals surface area contributed by atoms with Crippen molar-refractivity contribution in [3.8, 4) is 0 Å². The minimum Gasteiger partial charge on any atom is -0.368 e. The molecule has 1 aromatic heterocycles. The normalized spacial score (nSPS) is 11.1. The molecule has 0 radical (unpaired) electrons. The molecule has 0 saturated heterocycles. The van der Waals surface area contributed by atoms with Crippen LogP contribution < -0.4 is 5.73 Å². The van der Waals surface area contributed by atoms with Crippen molar-refractivity contribution >= 4 is 18.1 Å². The van der Waals surface area contributed by atoms with Crippen molar-refractivity contribution in [3.63, 3.8) is 0 Å². The number of hydrogen-bond acceptors (Lipinski definition) is 3. The lowest BCUT2D eigenvalue weighted by Crippen LogP contribution is -1.98. The number of nitrogens with two attached hydrogens (primary N) is 1. The van der Waals surface area contributed by atoms with Gasteiger partial charge in [0.2, 0.25) is 5.95 Å². The highest BCUT2D eigenvalue weighted by molar-refractivity contribution is 5.66. The zero-order valence-corrected chi connectivity index (χ0v) is 8.76. The fraction of sp³-hybridized carbons (Fsp3) is 0.0909. The van der Waals surface area contributed by atoms with E-state index in [1.807, 2.05) is 6.08 Å². The van der Waals surface area contributed by atoms with Gasteiger partial charge in [-0.05, 0) is 23.8 Å². The molecule has 2 rings (SSSR count). The Bertz CT molecular complexity index is 513. The molecule has 0 amide bonds. The van der Waals surface area contributed by atoms with Gasteiger partial charge in [0.1, 0.15) is 5.82 Å². The third kappa shape index (κ3) is 2.08. The third-order valence-electron chi connectivity index (χ3n) is 2.24. The molecule has 0 spiro atoms. The van der Waals surface area contributed by atoms with Crippen molar-refractivity contribution in [2.24, 2.45) is 7.05 Å². The van der Waals surface area contributed by atoms with Crippen LogP contribution >= 0.6 is 0 Å². The number of nitrogens with zero attached hydrogens (tertiary/aromatic N) is 3. The molecule has 0 bridgehead atoms. The van der Waals surface area contributed by atoms with Crippen LogP contribution in [0.15, 0.2) is 24.3 Å². The maximum atomic E-state index is 12.7. The Morgan fingerprint density at radius 2 is 1.88 bits per heavy atom. The molecule has 16 heavy (non-hydrogen) atoms. The molecule has 1 aromatic carbocycles. The van der Waals surface area contributed by atoms with E-state index in [-0.39, 0.29) is 5.82 Å². The zero-order chi connectivity index (χ0) is 11.5. The molecular formula is C11H11FN4. The summed E-state index contributed by atoms with van der Waals surface area (Å²) >= 11 is 0. The van der Waals surface area contributed by atoms with E-state index in [0.717, 1.165) is 5.56 Å². The van der Waals surface area contributed by atoms with Gasteiger partial charge in [0.15, 0.2) is 5.82 Å². The van der Waals surface area contributed by atoms with E-state index >= 15 is 0 Å². The molecule has 82 valence electrons. The van der Waals surface area contributed by atoms with Crippen LogP contribution in [-0.4, -0.2) is 14.8 Å². The second-order valence-corrected chi connectivity index (χ2v) is 3.36. The van der Waals surface area contributed by atoms with Crippen LogP contribution in [0.2, 0.25) is 0 Å². The van der Waals surface area contributed by atoms with E-state index in [2.05, 4.69) is 10.2 Å². The number of benzene rings is 1. The van der Waals surface area contributed by atoms with E-state index in [1.54, 1.807) is 29.8 Å². The van der Waals surface area contributed by atoms with Gasteiger partial charge in [0.05, 0.1) is 0 Å². The summed E-state index contributed by atoms with van der Waals surface area (Å²) in [6.07, 6.45) is 3.60. The number of aromatic nitrogens is 3. The second-order valence-electron chi connectivity index (χ2n) is 3.36. The van der Waals surface area contributed by atoms with Crippen molar-refractivity contribution in [3.05, 3.63) is 41.5 Å². The van der Waals surface area contributed by atoms with Gasteiger partial charge in [-0.3, -0.25) is 4.57 Å². The Balaban J connectivity index is 2.21. The summed E-state index contributed by atoms with van der Waals surface area (Å²) in [5.41, 5.74) is 6.43. The van der Waals surface area contributed by atoms with Crippen molar-refractivity contribution in [2.75, 3.05) is 5.73 Å². The third-order valence-corrected chi connectivity index (χ3v) is 2.24. The Hall–Kier alpha value is -2.17. The summed E-state index contributed by atoms with van der Waals surface area (Å²) in [5.74, 6) is 0.764. The van der Waals surface area contributed by atoms with Gasteiger partial charge in [-0.25, -0.2) is 4.39 Å². The predicted molar refractivity (Wildman–Crippen MR) is 60.7 cm³/mol. The number of anilines is 1. The monoisotopic (exact) mass is 218 g/mol. The minimum atomic E-state index is -0.250. The summed E-state index contributed by atoms with van der Waals surface area (Å²) < 4.78 is 14.3. The number of rotatable bonds is 2. The van der Waals surface area contributed by atoms with Crippen LogP contribution in [0.1, 0.15) is 11.4 Å². The molecule has 1 heterocycles. The Kier molecular flexibility index (Phi) is 2.68. The standard InChI is InChI=1S/C11H11FN4/c1-16-10(14-15-11(16)13)7-4-8-2-5-9(12)6-3-8/h2-7H,1H3,(H2,13,15)/b7-4+. The number of halogens is 1. The molecule has 5 heteroatoms. The van der Waals surface area contributed by atoms with Crippen LogP contribution in [0.3, 0.4) is 0 Å². The highest BCUT2D eigenvalue weighted by atomic mass is 19.1. The SMILES string of the molecule is Cn1c(N)nnc1/C=C/c1ccc(F)cc1. The van der Waals surface area contributed by atoms with Crippen LogP contribution in [0.5, 0.6) is 0 Å². The van der Waals surface area contributed by atoms with Crippen LogP contribution in [0.25, 0.3) is 12.2 Å². The van der Waals surface area contributed by atoms with E-state index < -0.39 is 0 Å². The Morgan fingerprint density at radius 3 is 2.44 bits per heavy atom. The summed E-state index contributed by atoms with van der Waals surface area (Å²) in [6.45, 7) is 0. The first-order valence-electron chi connectivity index (χ1n) is 4.75. The Labute approximate surface area is 92.2 Å². The molecule has 0 aliphatic heterocycles. The lowest BCUT2D eigenvalue weighted by molar-refractivity contribution is 0.628. The van der Waals surface area contributed by atoms with E-state index in [1.165, 1.54) is 12.1 Å². The molecule has 4 nitrogen and oxygen atoms in total. The van der Waals surface area contributed by atoms with Crippen LogP contribution in [0, 0.1) is 5.82 Å². The molecule has 0 unspecified atom stereocenters. The quantitative estimate of drug-likeness (QED) is 0.834. The molecule has 0 atom stereocenters. The molecule has 2 N–H and O–H groups in total. The van der Waals surface area contributed by atoms with Gasteiger partial charge in [0.25, 0.3) is 0 Å². The largest absolute Gasteiger partial charge is 0.368 e. The van der Waals surface area contributed by atoms with Crippen LogP contribution in [0.4, 0.5) is 10.3 Å². The highest BCUT2D eigenvalue weighted by Crippen LogP contribution is 2.08. The molecule has 0 aliphatic carbocycles. The average molecular weight is 218 g/mol. The fourth-order valence-electron chi connectivity index (χ4n) is 1.24. The summed E-state index contributed by atoms with van der Waals surface area (Å²) in [7, 11) is 1.78. The van der Waals surface area contributed by atoms with Gasteiger partial charge >= 0.3 is 0 Å². The maximum absolute atomic E-state index is 12.7. The second kappa shape index (κ2) is 4.14. The zero-order valence-electron chi connectivity index (χ0n) is 8.76. The van der Waals surface area contributed by atoms with Gasteiger partial charge < -0.3 is 5.73 Å². The van der Waals surface area contributed by atoms with Crippen molar-refractivity contribution in [2.45, 2.75) is 0 Å². The topological polar surface area (TPSA) is 56.7 Å². The Morgan fingerprint density at radius 1 is 1.19 bits per heavy atom. The van der Waals surface area contributed by atoms with Gasteiger partial charge in [-0.1, -0.05) is 18.2 Å². The summed E-state index contributed by atoms with van der Waals surface area (Å²) in [6, 6.07) is 6.19. The molecule has 0 fully saturated rings. The van der Waals surface area contributed by atoms with Crippen molar-refractivity contribution < 1.29 is 4.39 Å². The van der Waals surface area contributed by atoms with Crippen molar-refractivity contribution in [1.29, 1.82) is 0 Å². The fourth-order valence-corrected chi connectivity index (χ4v) is 1.24. The number of nitrogen functional groups attached to an aromatic ring is 1. The van der Waals surface area contributed by atoms with Gasteiger partial charge in [-0.2, -0.15) is 0 Å². The number of hydrogen-bond donors (Lipinski definition) is 1. The van der Waals surface area contributed by atoms with Gasteiger partial charge in [0, 0.05) is 7.05 Å².